The van der Waals surface area contributed by atoms with Crippen LogP contribution in [0.4, 0.5) is 0 Å². The van der Waals surface area contributed by atoms with Crippen LogP contribution < -0.4 is 0 Å². The Balaban J connectivity index is 4.30. The Labute approximate surface area is 66.5 Å². The molecule has 62 valence electrons. The average Bonchev–Trinajstić information content (AvgIpc) is 1.85. The quantitative estimate of drug-likeness (QED) is 0.521. The minimum absolute atomic E-state index is 0.708. The molecule has 0 aromatic heterocycles. The van der Waals surface area contributed by atoms with Crippen LogP contribution in [0.5, 0.6) is 0 Å². The van der Waals surface area contributed by atoms with Crippen LogP contribution in [0.1, 0.15) is 6.92 Å². The van der Waals surface area contributed by atoms with Gasteiger partial charge in [-0.25, -0.2) is 0 Å². The van der Waals surface area contributed by atoms with Gasteiger partial charge in [0.05, 0.1) is 5.41 Å². The highest BCUT2D eigenvalue weighted by Crippen LogP contribution is 1.94. The van der Waals surface area contributed by atoms with Crippen molar-refractivity contribution >= 4 is 10.1 Å². The zero-order valence-corrected chi connectivity index (χ0v) is 7.00. The fourth-order valence-corrected chi connectivity index (χ4v) is 0.636. The summed E-state index contributed by atoms with van der Waals surface area (Å²) in [6.45, 7) is 5.23. The highest BCUT2D eigenvalue weighted by Gasteiger charge is 1.91. The van der Waals surface area contributed by atoms with Gasteiger partial charge in [0.15, 0.2) is 0 Å². The Bertz CT molecular complexity index is 283. The van der Waals surface area contributed by atoms with Gasteiger partial charge in [-0.15, -0.1) is 0 Å². The second kappa shape index (κ2) is 4.10. The summed E-state index contributed by atoms with van der Waals surface area (Å²) in [5, 5.41) is 0.708. The molecule has 0 atom stereocenters. The molecule has 0 radical (unpaired) electrons. The molecule has 0 aromatic carbocycles. The lowest BCUT2D eigenvalue weighted by molar-refractivity contribution is 0.494. The average molecular weight is 174 g/mol. The molecule has 3 nitrogen and oxygen atoms in total. The van der Waals surface area contributed by atoms with E-state index in [-0.39, 0.29) is 0 Å². The molecule has 11 heavy (non-hydrogen) atoms. The topological polar surface area (TPSA) is 54.4 Å². The van der Waals surface area contributed by atoms with Crippen molar-refractivity contribution in [3.05, 3.63) is 35.8 Å². The molecule has 0 heterocycles. The van der Waals surface area contributed by atoms with Gasteiger partial charge in [0, 0.05) is 0 Å². The molecule has 0 aliphatic rings. The predicted octanol–water partition coefficient (Wildman–Crippen LogP) is 1.52. The summed E-state index contributed by atoms with van der Waals surface area (Å²) >= 11 is 0. The van der Waals surface area contributed by atoms with E-state index in [1.165, 1.54) is 12.2 Å². The molecule has 0 saturated heterocycles. The van der Waals surface area contributed by atoms with Crippen LogP contribution in [0, 0.1) is 0 Å². The van der Waals surface area contributed by atoms with Crippen molar-refractivity contribution in [2.45, 2.75) is 6.92 Å². The first-order valence-electron chi connectivity index (χ1n) is 2.90. The van der Waals surface area contributed by atoms with Gasteiger partial charge in [-0.2, -0.15) is 8.42 Å². The summed E-state index contributed by atoms with van der Waals surface area (Å²) in [6.07, 6.45) is 4.35. The third-order valence-electron chi connectivity index (χ3n) is 0.932. The SMILES string of the molecule is C=C/C(C)=C\C=C\S(=O)(=O)O. The lowest BCUT2D eigenvalue weighted by Crippen LogP contribution is -1.88. The first-order chi connectivity index (χ1) is 4.95. The molecule has 4 heteroatoms. The standard InChI is InChI=1S/C7H10O3S/c1-3-7(2)5-4-6-11(8,9)10/h3-6H,1H2,2H3,(H,8,9,10)/b6-4+,7-5-. The Hall–Kier alpha value is -0.870. The van der Waals surface area contributed by atoms with Crippen LogP contribution in [-0.4, -0.2) is 13.0 Å². The number of allylic oxidation sites excluding steroid dienone is 4. The summed E-state index contributed by atoms with van der Waals surface area (Å²) in [5.74, 6) is 0. The third-order valence-corrected chi connectivity index (χ3v) is 1.43. The van der Waals surface area contributed by atoms with Crippen molar-refractivity contribution < 1.29 is 13.0 Å². The summed E-state index contributed by atoms with van der Waals surface area (Å²) in [7, 11) is -3.99. The van der Waals surface area contributed by atoms with E-state index >= 15 is 0 Å². The first kappa shape index (κ1) is 10.1. The van der Waals surface area contributed by atoms with Crippen molar-refractivity contribution in [3.63, 3.8) is 0 Å². The second-order valence-electron chi connectivity index (χ2n) is 1.96. The molecule has 0 rings (SSSR count). The summed E-state index contributed by atoms with van der Waals surface area (Å²) in [4.78, 5) is 0. The van der Waals surface area contributed by atoms with Crippen molar-refractivity contribution in [2.24, 2.45) is 0 Å². The molecule has 0 fully saturated rings. The van der Waals surface area contributed by atoms with Crippen LogP contribution in [-0.2, 0) is 10.1 Å². The van der Waals surface area contributed by atoms with E-state index in [9.17, 15) is 8.42 Å². The van der Waals surface area contributed by atoms with Crippen LogP contribution in [0.2, 0.25) is 0 Å². The third kappa shape index (κ3) is 7.02. The van der Waals surface area contributed by atoms with Crippen molar-refractivity contribution in [3.8, 4) is 0 Å². The van der Waals surface area contributed by atoms with Gasteiger partial charge in [0.1, 0.15) is 0 Å². The van der Waals surface area contributed by atoms with Crippen LogP contribution in [0.15, 0.2) is 35.8 Å². The molecule has 0 unspecified atom stereocenters. The smallest absolute Gasteiger partial charge is 0.282 e. The minimum atomic E-state index is -3.99. The highest BCUT2D eigenvalue weighted by molar-refractivity contribution is 7.88. The van der Waals surface area contributed by atoms with E-state index in [4.69, 9.17) is 4.55 Å². The maximum atomic E-state index is 10.1. The lowest BCUT2D eigenvalue weighted by Gasteiger charge is -1.84. The van der Waals surface area contributed by atoms with Crippen LogP contribution in [0.25, 0.3) is 0 Å². The summed E-state index contributed by atoms with van der Waals surface area (Å²) in [5.41, 5.74) is 0.824. The summed E-state index contributed by atoms with van der Waals surface area (Å²) in [6, 6.07) is 0. The van der Waals surface area contributed by atoms with Crippen molar-refractivity contribution in [1.82, 2.24) is 0 Å². The fourth-order valence-electron chi connectivity index (χ4n) is 0.358. The van der Waals surface area contributed by atoms with Crippen LogP contribution >= 0.6 is 0 Å². The molecule has 1 N–H and O–H groups in total. The molecule has 0 aliphatic heterocycles. The van der Waals surface area contributed by atoms with Gasteiger partial charge < -0.3 is 0 Å². The van der Waals surface area contributed by atoms with E-state index < -0.39 is 10.1 Å². The Morgan fingerprint density at radius 2 is 2.09 bits per heavy atom. The van der Waals surface area contributed by atoms with Gasteiger partial charge in [-0.05, 0) is 13.0 Å². The molecular formula is C7H10O3S. The maximum absolute atomic E-state index is 10.1. The van der Waals surface area contributed by atoms with E-state index in [1.807, 2.05) is 0 Å². The summed E-state index contributed by atoms with van der Waals surface area (Å²) < 4.78 is 28.5. The second-order valence-corrected chi connectivity index (χ2v) is 3.26. The number of rotatable bonds is 3. The largest absolute Gasteiger partial charge is 0.287 e. The van der Waals surface area contributed by atoms with Crippen molar-refractivity contribution in [2.75, 3.05) is 0 Å². The number of hydrogen-bond donors (Lipinski definition) is 1. The first-order valence-corrected chi connectivity index (χ1v) is 4.41. The fraction of sp³-hybridized carbons (Fsp3) is 0.143. The molecule has 0 saturated carbocycles. The van der Waals surface area contributed by atoms with Gasteiger partial charge in [-0.3, -0.25) is 4.55 Å². The van der Waals surface area contributed by atoms with Gasteiger partial charge in [0.25, 0.3) is 10.1 Å². The molecule has 0 bridgehead atoms. The van der Waals surface area contributed by atoms with E-state index in [1.54, 1.807) is 13.0 Å². The monoisotopic (exact) mass is 174 g/mol. The van der Waals surface area contributed by atoms with E-state index in [2.05, 4.69) is 6.58 Å². The van der Waals surface area contributed by atoms with Gasteiger partial charge in [0.2, 0.25) is 0 Å². The van der Waals surface area contributed by atoms with E-state index in [0.717, 1.165) is 5.57 Å². The predicted molar refractivity (Wildman–Crippen MR) is 44.6 cm³/mol. The Kier molecular flexibility index (Phi) is 3.78. The molecular weight excluding hydrogens is 164 g/mol. The van der Waals surface area contributed by atoms with E-state index in [0.29, 0.717) is 5.41 Å². The zero-order chi connectivity index (χ0) is 8.91. The molecule has 0 amide bonds. The Morgan fingerprint density at radius 3 is 2.45 bits per heavy atom. The van der Waals surface area contributed by atoms with Crippen molar-refractivity contribution in [1.29, 1.82) is 0 Å². The van der Waals surface area contributed by atoms with Crippen LogP contribution in [0.3, 0.4) is 0 Å². The normalized spacial score (nSPS) is 13.8. The molecule has 0 aromatic rings. The highest BCUT2D eigenvalue weighted by atomic mass is 32.2. The minimum Gasteiger partial charge on any atom is -0.282 e. The maximum Gasteiger partial charge on any atom is 0.287 e. The lowest BCUT2D eigenvalue weighted by atomic mass is 10.3. The Morgan fingerprint density at radius 1 is 1.55 bits per heavy atom. The zero-order valence-electron chi connectivity index (χ0n) is 6.19. The molecule has 0 spiro atoms. The van der Waals surface area contributed by atoms with Gasteiger partial charge >= 0.3 is 0 Å². The molecule has 0 aliphatic carbocycles. The number of hydrogen-bond acceptors (Lipinski definition) is 2. The van der Waals surface area contributed by atoms with Gasteiger partial charge in [-0.1, -0.05) is 24.3 Å².